The molecule has 0 atom stereocenters. The molecular formula is C19H20FN5O2S. The Morgan fingerprint density at radius 3 is 2.71 bits per heavy atom. The van der Waals surface area contributed by atoms with Gasteiger partial charge in [-0.05, 0) is 39.7 Å². The Hall–Kier alpha value is -2.78. The number of anilines is 1. The van der Waals surface area contributed by atoms with Gasteiger partial charge in [-0.15, -0.1) is 11.3 Å². The first kappa shape index (κ1) is 18.6. The third kappa shape index (κ3) is 3.76. The highest BCUT2D eigenvalue weighted by Crippen LogP contribution is 2.30. The molecule has 3 aromatic rings. The van der Waals surface area contributed by atoms with Crippen molar-refractivity contribution in [1.82, 2.24) is 14.5 Å². The maximum Gasteiger partial charge on any atom is 0.406 e. The topological polar surface area (TPSA) is 67.4 Å². The largest absolute Gasteiger partial charge is 0.406 e. The van der Waals surface area contributed by atoms with Crippen LogP contribution in [0.25, 0.3) is 10.4 Å². The first-order valence-electron chi connectivity index (χ1n) is 8.99. The van der Waals surface area contributed by atoms with Crippen molar-refractivity contribution >= 4 is 23.0 Å². The van der Waals surface area contributed by atoms with Crippen LogP contribution < -0.4 is 4.90 Å². The molecule has 1 saturated heterocycles. The quantitative estimate of drug-likeness (QED) is 0.483. The second kappa shape index (κ2) is 7.69. The molecule has 0 saturated carbocycles. The van der Waals surface area contributed by atoms with Crippen LogP contribution in [0.15, 0.2) is 42.7 Å². The van der Waals surface area contributed by atoms with Crippen molar-refractivity contribution in [3.05, 3.63) is 63.5 Å². The molecule has 146 valence electrons. The van der Waals surface area contributed by atoms with Crippen molar-refractivity contribution in [2.75, 3.05) is 31.1 Å². The second-order valence-corrected chi connectivity index (χ2v) is 7.97. The van der Waals surface area contributed by atoms with E-state index in [-0.39, 0.29) is 11.6 Å². The summed E-state index contributed by atoms with van der Waals surface area (Å²) >= 11 is 1.67. The normalized spacial score (nSPS) is 15.1. The number of nitrogens with zero attached hydrogens (tertiary/aromatic N) is 5. The van der Waals surface area contributed by atoms with Crippen LogP contribution in [0.2, 0.25) is 0 Å². The lowest BCUT2D eigenvalue weighted by Gasteiger charge is -2.35. The maximum absolute atomic E-state index is 13.4. The lowest BCUT2D eigenvalue weighted by molar-refractivity contribution is -0.388. The number of hydrogen-bond acceptors (Lipinski definition) is 6. The predicted molar refractivity (Wildman–Crippen MR) is 107 cm³/mol. The van der Waals surface area contributed by atoms with Crippen LogP contribution >= 0.6 is 11.3 Å². The van der Waals surface area contributed by atoms with Gasteiger partial charge < -0.3 is 15.0 Å². The molecule has 3 heterocycles. The SMILES string of the molecule is Cn1cnc([N+](=O)[O-])c1N1CCN(Cc2ccc(-c3cccc(F)c3)s2)CC1. The molecule has 0 N–H and O–H groups in total. The van der Waals surface area contributed by atoms with Crippen molar-refractivity contribution in [2.24, 2.45) is 7.05 Å². The molecule has 1 fully saturated rings. The number of nitro groups is 1. The third-order valence-corrected chi connectivity index (χ3v) is 6.00. The van der Waals surface area contributed by atoms with Gasteiger partial charge in [-0.2, -0.15) is 0 Å². The highest BCUT2D eigenvalue weighted by atomic mass is 32.1. The third-order valence-electron chi connectivity index (χ3n) is 4.88. The Kier molecular flexibility index (Phi) is 5.10. The van der Waals surface area contributed by atoms with E-state index in [4.69, 9.17) is 0 Å². The van der Waals surface area contributed by atoms with Gasteiger partial charge in [-0.3, -0.25) is 9.47 Å². The highest BCUT2D eigenvalue weighted by molar-refractivity contribution is 7.15. The van der Waals surface area contributed by atoms with Crippen molar-refractivity contribution in [3.8, 4) is 10.4 Å². The molecule has 0 aliphatic carbocycles. The van der Waals surface area contributed by atoms with E-state index in [0.717, 1.165) is 30.1 Å². The van der Waals surface area contributed by atoms with Gasteiger partial charge in [-0.25, -0.2) is 4.39 Å². The van der Waals surface area contributed by atoms with Crippen LogP contribution in [-0.4, -0.2) is 45.6 Å². The number of benzene rings is 1. The van der Waals surface area contributed by atoms with E-state index in [1.54, 1.807) is 35.1 Å². The molecule has 9 heteroatoms. The van der Waals surface area contributed by atoms with Gasteiger partial charge in [0.1, 0.15) is 5.82 Å². The van der Waals surface area contributed by atoms with Crippen molar-refractivity contribution in [1.29, 1.82) is 0 Å². The molecule has 4 rings (SSSR count). The molecule has 28 heavy (non-hydrogen) atoms. The summed E-state index contributed by atoms with van der Waals surface area (Å²) in [5, 5.41) is 11.2. The minimum atomic E-state index is -0.429. The van der Waals surface area contributed by atoms with E-state index in [0.29, 0.717) is 18.9 Å². The Morgan fingerprint density at radius 1 is 1.21 bits per heavy atom. The van der Waals surface area contributed by atoms with E-state index in [1.165, 1.54) is 17.3 Å². The van der Waals surface area contributed by atoms with Crippen LogP contribution in [0, 0.1) is 15.9 Å². The molecule has 0 unspecified atom stereocenters. The highest BCUT2D eigenvalue weighted by Gasteiger charge is 2.28. The number of imidazole rings is 1. The van der Waals surface area contributed by atoms with Gasteiger partial charge >= 0.3 is 5.82 Å². The fraction of sp³-hybridized carbons (Fsp3) is 0.316. The standard InChI is InChI=1S/C19H20FN5O2S/c1-22-13-21-18(25(26)27)19(22)24-9-7-23(8-10-24)12-16-5-6-17(28-16)14-3-2-4-15(20)11-14/h2-6,11,13H,7-10,12H2,1H3. The van der Waals surface area contributed by atoms with Gasteiger partial charge in [-0.1, -0.05) is 12.1 Å². The number of aryl methyl sites for hydroxylation is 1. The van der Waals surface area contributed by atoms with Crippen LogP contribution in [0.5, 0.6) is 0 Å². The van der Waals surface area contributed by atoms with E-state index in [9.17, 15) is 14.5 Å². The average molecular weight is 401 g/mol. The lowest BCUT2D eigenvalue weighted by Crippen LogP contribution is -2.46. The Labute approximate surface area is 165 Å². The van der Waals surface area contributed by atoms with Gasteiger partial charge in [0.05, 0.1) is 0 Å². The lowest BCUT2D eigenvalue weighted by atomic mass is 10.2. The van der Waals surface area contributed by atoms with Crippen molar-refractivity contribution < 1.29 is 9.31 Å². The van der Waals surface area contributed by atoms with Crippen molar-refractivity contribution in [2.45, 2.75) is 6.54 Å². The van der Waals surface area contributed by atoms with E-state index >= 15 is 0 Å². The molecule has 0 bridgehead atoms. The van der Waals surface area contributed by atoms with Crippen molar-refractivity contribution in [3.63, 3.8) is 0 Å². The number of halogens is 1. The Bertz CT molecular complexity index is 994. The summed E-state index contributed by atoms with van der Waals surface area (Å²) in [5.74, 6) is 0.246. The summed E-state index contributed by atoms with van der Waals surface area (Å²) in [5.41, 5.74) is 0.893. The fourth-order valence-electron chi connectivity index (χ4n) is 3.50. The maximum atomic E-state index is 13.4. The molecule has 1 aliphatic heterocycles. The van der Waals surface area contributed by atoms with E-state index in [1.807, 2.05) is 17.0 Å². The van der Waals surface area contributed by atoms with Gasteiger partial charge in [0.15, 0.2) is 0 Å². The first-order chi connectivity index (χ1) is 13.5. The monoisotopic (exact) mass is 401 g/mol. The zero-order valence-electron chi connectivity index (χ0n) is 15.4. The molecule has 1 aliphatic rings. The Balaban J connectivity index is 1.39. The number of piperazine rings is 1. The van der Waals surface area contributed by atoms with Crippen LogP contribution in [0.3, 0.4) is 0 Å². The molecular weight excluding hydrogens is 381 g/mol. The number of rotatable bonds is 5. The molecule has 7 nitrogen and oxygen atoms in total. The van der Waals surface area contributed by atoms with Gasteiger partial charge in [0.25, 0.3) is 0 Å². The zero-order chi connectivity index (χ0) is 19.7. The number of aromatic nitrogens is 2. The van der Waals surface area contributed by atoms with E-state index in [2.05, 4.69) is 16.0 Å². The molecule has 2 aromatic heterocycles. The van der Waals surface area contributed by atoms with Gasteiger partial charge in [0.2, 0.25) is 12.1 Å². The summed E-state index contributed by atoms with van der Waals surface area (Å²) < 4.78 is 15.1. The molecule has 0 spiro atoms. The first-order valence-corrected chi connectivity index (χ1v) is 9.80. The number of hydrogen-bond donors (Lipinski definition) is 0. The summed E-state index contributed by atoms with van der Waals surface area (Å²) in [6, 6.07) is 10.8. The zero-order valence-corrected chi connectivity index (χ0v) is 16.2. The average Bonchev–Trinajstić information content (AvgIpc) is 3.29. The molecule has 0 amide bonds. The smallest absolute Gasteiger partial charge is 0.358 e. The minimum absolute atomic E-state index is 0.0889. The fourth-order valence-corrected chi connectivity index (χ4v) is 4.55. The van der Waals surface area contributed by atoms with Crippen LogP contribution in [-0.2, 0) is 13.6 Å². The summed E-state index contributed by atoms with van der Waals surface area (Å²) in [4.78, 5) is 21.3. The summed E-state index contributed by atoms with van der Waals surface area (Å²) in [6.45, 7) is 3.87. The Morgan fingerprint density at radius 2 is 2.00 bits per heavy atom. The van der Waals surface area contributed by atoms with E-state index < -0.39 is 4.92 Å². The second-order valence-electron chi connectivity index (χ2n) is 6.80. The summed E-state index contributed by atoms with van der Waals surface area (Å²) in [6.07, 6.45) is 1.49. The van der Waals surface area contributed by atoms with Gasteiger partial charge in [0, 0.05) is 49.5 Å². The van der Waals surface area contributed by atoms with Crippen LogP contribution in [0.1, 0.15) is 4.88 Å². The molecule has 0 radical (unpaired) electrons. The predicted octanol–water partition coefficient (Wildman–Crippen LogP) is 3.52. The minimum Gasteiger partial charge on any atom is -0.358 e. The molecule has 1 aromatic carbocycles. The summed E-state index contributed by atoms with van der Waals surface area (Å²) in [7, 11) is 1.78. The van der Waals surface area contributed by atoms with Crippen LogP contribution in [0.4, 0.5) is 16.0 Å². The number of thiophene rings is 1.